The summed E-state index contributed by atoms with van der Waals surface area (Å²) in [6, 6.07) is 0. The average molecular weight is 423 g/mol. The van der Waals surface area contributed by atoms with E-state index in [-0.39, 0.29) is 24.8 Å². The van der Waals surface area contributed by atoms with Gasteiger partial charge in [0.15, 0.2) is 0 Å². The number of hydrogen-bond donors (Lipinski definition) is 0. The van der Waals surface area contributed by atoms with E-state index in [0.29, 0.717) is 0 Å². The van der Waals surface area contributed by atoms with Crippen molar-refractivity contribution in [3.63, 3.8) is 0 Å². The first-order valence-corrected chi connectivity index (χ1v) is 17.9. The molecule has 0 bridgehead atoms. The Labute approximate surface area is 164 Å². The van der Waals surface area contributed by atoms with Crippen LogP contribution in [0, 0.1) is 0 Å². The van der Waals surface area contributed by atoms with E-state index in [0.717, 1.165) is 0 Å². The second-order valence-corrected chi connectivity index (χ2v) is 27.1. The van der Waals surface area contributed by atoms with E-state index >= 15 is 0 Å². The van der Waals surface area contributed by atoms with Crippen LogP contribution in [-0.4, -0.2) is 7.63 Å². The Hall–Kier alpha value is 0.471. The minimum absolute atomic E-state index is 0. The molecule has 0 aromatic rings. The molecule has 0 N–H and O–H groups in total. The normalized spacial score (nSPS) is 18.3. The Morgan fingerprint density at radius 3 is 1.33 bits per heavy atom. The van der Waals surface area contributed by atoms with Gasteiger partial charge in [-0.05, 0) is 0 Å². The summed E-state index contributed by atoms with van der Waals surface area (Å²) in [5, 5.41) is 5.37. The summed E-state index contributed by atoms with van der Waals surface area (Å²) in [5.41, 5.74) is 6.69. The molecule has 0 spiro atoms. The van der Waals surface area contributed by atoms with Crippen molar-refractivity contribution in [3.05, 3.63) is 42.2 Å². The van der Waals surface area contributed by atoms with Crippen molar-refractivity contribution in [2.45, 2.75) is 76.7 Å². The molecular formula is C20H36Cl2SiTi. The molecule has 0 atom stereocenters. The van der Waals surface area contributed by atoms with E-state index in [1.54, 1.807) is 22.3 Å². The molecule has 0 fully saturated rings. The summed E-state index contributed by atoms with van der Waals surface area (Å²) in [4.78, 5) is 0. The number of halogens is 2. The summed E-state index contributed by atoms with van der Waals surface area (Å²) in [6.45, 7) is 9.32. The van der Waals surface area contributed by atoms with Gasteiger partial charge in [0.1, 0.15) is 0 Å². The molecule has 2 rings (SSSR count). The molecule has 0 aromatic heterocycles. The zero-order chi connectivity index (χ0) is 16.6. The third kappa shape index (κ3) is 4.41. The van der Waals surface area contributed by atoms with Crippen LogP contribution >= 0.6 is 24.8 Å². The topological polar surface area (TPSA) is 0 Å². The standard InChI is InChI=1S/2C9H13.2CH3.2ClH.H2Si.Ti/c2*1-3-8-5-6-9(4-2)7-8;;;;;;/h2*7H,3-5H2,1-2H3;2*1H3;2*1H;1H2;. The molecule has 138 valence electrons. The van der Waals surface area contributed by atoms with Gasteiger partial charge in [0.2, 0.25) is 0 Å². The molecular weight excluding hydrogens is 387 g/mol. The predicted molar refractivity (Wildman–Crippen MR) is 115 cm³/mol. The van der Waals surface area contributed by atoms with Crippen molar-refractivity contribution < 1.29 is 14.0 Å². The van der Waals surface area contributed by atoms with Gasteiger partial charge in [-0.25, -0.2) is 0 Å². The Bertz CT molecular complexity index is 620. The average Bonchev–Trinajstić information content (AvgIpc) is 3.11. The van der Waals surface area contributed by atoms with Crippen LogP contribution in [-0.2, 0) is 14.0 Å². The predicted octanol–water partition coefficient (Wildman–Crippen LogP) is 6.97. The molecule has 0 saturated carbocycles. The van der Waals surface area contributed by atoms with Crippen molar-refractivity contribution in [2.75, 3.05) is 0 Å². The Balaban J connectivity index is 0.00000264. The Morgan fingerprint density at radius 1 is 0.750 bits per heavy atom. The van der Waals surface area contributed by atoms with Gasteiger partial charge in [0, 0.05) is 0 Å². The second-order valence-electron chi connectivity index (χ2n) is 8.07. The maximum Gasteiger partial charge on any atom is -0.147 e. The molecule has 0 aromatic carbocycles. The minimum Gasteiger partial charge on any atom is -0.147 e. The van der Waals surface area contributed by atoms with Crippen molar-refractivity contribution in [3.8, 4) is 0 Å². The summed E-state index contributed by atoms with van der Waals surface area (Å²) < 4.78 is 3.75. The van der Waals surface area contributed by atoms with Gasteiger partial charge in [-0.3, -0.25) is 0 Å². The first-order valence-electron chi connectivity index (χ1n) is 9.17. The van der Waals surface area contributed by atoms with Gasteiger partial charge in [-0.15, -0.1) is 24.8 Å². The first-order chi connectivity index (χ1) is 10.3. The molecule has 0 aliphatic heterocycles. The van der Waals surface area contributed by atoms with E-state index in [1.165, 1.54) is 38.5 Å². The van der Waals surface area contributed by atoms with E-state index in [9.17, 15) is 0 Å². The third-order valence-electron chi connectivity index (χ3n) is 5.95. The van der Waals surface area contributed by atoms with Crippen LogP contribution < -0.4 is 0 Å². The molecule has 2 aliphatic rings. The van der Waals surface area contributed by atoms with Gasteiger partial charge < -0.3 is 0 Å². The molecule has 4 heteroatoms. The fourth-order valence-corrected chi connectivity index (χ4v) is 14.3. The van der Waals surface area contributed by atoms with Crippen molar-refractivity contribution in [1.82, 2.24) is 0 Å². The number of allylic oxidation sites excluding steroid dienone is 8. The van der Waals surface area contributed by atoms with E-state index in [1.807, 2.05) is 7.76 Å². The van der Waals surface area contributed by atoms with E-state index in [2.05, 4.69) is 57.9 Å². The van der Waals surface area contributed by atoms with Crippen LogP contribution in [0.5, 0.6) is 0 Å². The largest absolute Gasteiger partial charge is 0.147 e. The number of hydrogen-bond acceptors (Lipinski definition) is 0. The molecule has 0 saturated heterocycles. The number of rotatable bonds is 6. The van der Waals surface area contributed by atoms with Crippen LogP contribution in [0.2, 0.25) is 10.5 Å². The van der Waals surface area contributed by atoms with Crippen LogP contribution in [0.25, 0.3) is 0 Å². The van der Waals surface area contributed by atoms with Crippen LogP contribution in [0.4, 0.5) is 0 Å². The summed E-state index contributed by atoms with van der Waals surface area (Å²) in [5.74, 6) is 0. The molecule has 0 unspecified atom stereocenters. The SMILES string of the molecule is CCC1=CC(CC)=[C]([Ti]([CH3])([CH3])(=[SiH2])[C]2=C(CC)C=C(CC)C2)C1.Cl.Cl. The van der Waals surface area contributed by atoms with Crippen LogP contribution in [0.3, 0.4) is 0 Å². The summed E-state index contributed by atoms with van der Waals surface area (Å²) >= 11 is -2.73. The Morgan fingerprint density at radius 2 is 1.08 bits per heavy atom. The maximum atomic E-state index is 2.69. The first kappa shape index (κ1) is 24.5. The summed E-state index contributed by atoms with van der Waals surface area (Å²) in [7, 11) is 2.41. The molecule has 0 radical (unpaired) electrons. The third-order valence-corrected chi connectivity index (χ3v) is 17.1. The smallest absolute Gasteiger partial charge is 0.147 e. The van der Waals surface area contributed by atoms with E-state index < -0.39 is 14.0 Å². The fraction of sp³-hybridized carbons (Fsp3) is 0.600. The van der Waals surface area contributed by atoms with Crippen molar-refractivity contribution >= 4 is 32.4 Å². The van der Waals surface area contributed by atoms with Gasteiger partial charge in [0.05, 0.1) is 0 Å². The van der Waals surface area contributed by atoms with Crippen molar-refractivity contribution in [1.29, 1.82) is 0 Å². The molecule has 2 aliphatic carbocycles. The van der Waals surface area contributed by atoms with E-state index in [4.69, 9.17) is 0 Å². The molecule has 0 nitrogen and oxygen atoms in total. The van der Waals surface area contributed by atoms with Gasteiger partial charge in [-0.2, -0.15) is 0 Å². The zero-order valence-corrected chi connectivity index (χ0v) is 21.0. The van der Waals surface area contributed by atoms with Crippen molar-refractivity contribution in [2.24, 2.45) is 0 Å². The van der Waals surface area contributed by atoms with Gasteiger partial charge in [-0.1, -0.05) is 0 Å². The fourth-order valence-electron chi connectivity index (χ4n) is 4.31. The summed E-state index contributed by atoms with van der Waals surface area (Å²) in [6.07, 6.45) is 12.5. The monoisotopic (exact) mass is 422 g/mol. The molecule has 0 heterocycles. The molecule has 24 heavy (non-hydrogen) atoms. The second kappa shape index (κ2) is 8.91. The van der Waals surface area contributed by atoms with Crippen LogP contribution in [0.15, 0.2) is 42.2 Å². The zero-order valence-electron chi connectivity index (χ0n) is 16.4. The quantitative estimate of drug-likeness (QED) is 0.405. The maximum absolute atomic E-state index is 2.73. The molecule has 0 amide bonds. The van der Waals surface area contributed by atoms with Crippen LogP contribution in [0.1, 0.15) is 66.2 Å². The minimum atomic E-state index is -2.73. The van der Waals surface area contributed by atoms with Gasteiger partial charge >= 0.3 is 141 Å². The Kier molecular flexibility index (Phi) is 9.09. The van der Waals surface area contributed by atoms with Gasteiger partial charge in [0.25, 0.3) is 0 Å².